The summed E-state index contributed by atoms with van der Waals surface area (Å²) in [5.41, 5.74) is 5.83. The Kier molecular flexibility index (Phi) is 4.44. The Morgan fingerprint density at radius 3 is 2.70 bits per heavy atom. The van der Waals surface area contributed by atoms with Gasteiger partial charge in [-0.15, -0.1) is 6.42 Å². The number of aliphatic imine (C=N–C) groups is 1. The van der Waals surface area contributed by atoms with Crippen LogP contribution in [0.15, 0.2) is 53.8 Å². The highest BCUT2D eigenvalue weighted by Gasteiger charge is 2.27. The van der Waals surface area contributed by atoms with Gasteiger partial charge >= 0.3 is 0 Å². The molecule has 2 heterocycles. The normalized spacial score (nSPS) is 15.2. The molecule has 132 valence electrons. The van der Waals surface area contributed by atoms with Gasteiger partial charge in [-0.2, -0.15) is 0 Å². The lowest BCUT2D eigenvalue weighted by Gasteiger charge is -2.13. The van der Waals surface area contributed by atoms with Crippen molar-refractivity contribution >= 4 is 34.1 Å². The van der Waals surface area contributed by atoms with Gasteiger partial charge in [0.2, 0.25) is 0 Å². The second-order valence-corrected chi connectivity index (χ2v) is 7.58. The highest BCUT2D eigenvalue weighted by atomic mass is 127. The minimum Gasteiger partial charge on any atom is -0.300 e. The van der Waals surface area contributed by atoms with E-state index in [4.69, 9.17) is 11.4 Å². The maximum Gasteiger partial charge on any atom is 0.180 e. The van der Waals surface area contributed by atoms with Crippen LogP contribution in [-0.2, 0) is 0 Å². The summed E-state index contributed by atoms with van der Waals surface area (Å²) in [6.45, 7) is 3.53. The van der Waals surface area contributed by atoms with Crippen molar-refractivity contribution in [3.8, 4) is 18.0 Å². The Morgan fingerprint density at radius 1 is 1.22 bits per heavy atom. The third-order valence-electron chi connectivity index (χ3n) is 4.66. The van der Waals surface area contributed by atoms with E-state index in [2.05, 4.69) is 45.6 Å². The number of carbonyl (C=O) groups is 1. The first-order valence-electron chi connectivity index (χ1n) is 8.53. The Labute approximate surface area is 171 Å². The number of aromatic nitrogens is 2. The van der Waals surface area contributed by atoms with Crippen LogP contribution >= 0.6 is 22.6 Å². The molecule has 0 unspecified atom stereocenters. The fourth-order valence-electron chi connectivity index (χ4n) is 3.44. The zero-order valence-corrected chi connectivity index (χ0v) is 17.1. The summed E-state index contributed by atoms with van der Waals surface area (Å²) >= 11 is 2.32. The van der Waals surface area contributed by atoms with E-state index in [-0.39, 0.29) is 11.8 Å². The molecule has 3 aromatic rings. The number of terminal acetylenes is 1. The second-order valence-electron chi connectivity index (χ2n) is 6.41. The first-order chi connectivity index (χ1) is 13.0. The minimum absolute atomic E-state index is 0.0645. The van der Waals surface area contributed by atoms with Crippen LogP contribution in [0.4, 0.5) is 0 Å². The second kappa shape index (κ2) is 6.78. The zero-order chi connectivity index (χ0) is 19.1. The molecule has 4 nitrogen and oxygen atoms in total. The van der Waals surface area contributed by atoms with Crippen LogP contribution in [0.1, 0.15) is 52.8 Å². The van der Waals surface area contributed by atoms with Gasteiger partial charge in [-0.1, -0.05) is 24.1 Å². The molecule has 2 aromatic carbocycles. The summed E-state index contributed by atoms with van der Waals surface area (Å²) in [4.78, 5) is 21.5. The van der Waals surface area contributed by atoms with Crippen LogP contribution in [-0.4, -0.2) is 21.0 Å². The topological polar surface area (TPSA) is 47.2 Å². The average Bonchev–Trinajstić information content (AvgIpc) is 3.07. The number of hydrogen-bond acceptors (Lipinski definition) is 3. The van der Waals surface area contributed by atoms with Crippen LogP contribution in [0.25, 0.3) is 5.69 Å². The van der Waals surface area contributed by atoms with Crippen molar-refractivity contribution in [3.63, 3.8) is 0 Å². The molecule has 0 aliphatic carbocycles. The molecule has 1 atom stereocenters. The molecule has 0 amide bonds. The van der Waals surface area contributed by atoms with E-state index < -0.39 is 0 Å². The lowest BCUT2D eigenvalue weighted by atomic mass is 9.98. The smallest absolute Gasteiger partial charge is 0.180 e. The highest BCUT2D eigenvalue weighted by molar-refractivity contribution is 14.1. The molecule has 1 aromatic heterocycles. The van der Waals surface area contributed by atoms with Crippen molar-refractivity contribution in [2.75, 3.05) is 0 Å². The number of ketones is 1. The van der Waals surface area contributed by atoms with E-state index in [0.29, 0.717) is 5.69 Å². The number of fused-ring (bicyclic) bond motifs is 3. The van der Waals surface area contributed by atoms with E-state index >= 15 is 0 Å². The molecule has 0 saturated heterocycles. The van der Waals surface area contributed by atoms with Gasteiger partial charge in [-0.3, -0.25) is 14.4 Å². The number of imidazole rings is 1. The minimum atomic E-state index is -0.223. The average molecular weight is 465 g/mol. The van der Waals surface area contributed by atoms with Crippen molar-refractivity contribution in [1.29, 1.82) is 0 Å². The number of carbonyl (C=O) groups excluding carboxylic acids is 1. The molecule has 1 aliphatic rings. The summed E-state index contributed by atoms with van der Waals surface area (Å²) in [7, 11) is 0. The zero-order valence-electron chi connectivity index (χ0n) is 14.9. The quantitative estimate of drug-likeness (QED) is 0.316. The van der Waals surface area contributed by atoms with Crippen molar-refractivity contribution in [2.24, 2.45) is 4.99 Å². The molecule has 0 fully saturated rings. The van der Waals surface area contributed by atoms with E-state index in [1.807, 2.05) is 41.8 Å². The summed E-state index contributed by atoms with van der Waals surface area (Å²) in [5, 5.41) is 0. The number of Topliss-reactive ketones (excluding diaryl/α,β-unsaturated/α-hetero) is 1. The van der Waals surface area contributed by atoms with Gasteiger partial charge in [0, 0.05) is 27.2 Å². The van der Waals surface area contributed by atoms with Gasteiger partial charge in [-0.05, 0) is 53.8 Å². The standard InChI is InChI=1S/C22H16IN3O/c1-4-15-9-10-19-17(11-15)21(16-7-5-6-8-18(16)23)25-13(2)22-20(14(3)27)24-12-26(19)22/h1,5-13H,2-3H3/t13-/m0/s1. The van der Waals surface area contributed by atoms with E-state index in [1.54, 1.807) is 6.33 Å². The van der Waals surface area contributed by atoms with Crippen molar-refractivity contribution in [2.45, 2.75) is 19.9 Å². The molecular weight excluding hydrogens is 449 g/mol. The molecule has 0 bridgehead atoms. The number of hydrogen-bond donors (Lipinski definition) is 0. The summed E-state index contributed by atoms with van der Waals surface area (Å²) in [6.07, 6.45) is 7.35. The highest BCUT2D eigenvalue weighted by Crippen LogP contribution is 2.33. The fourth-order valence-corrected chi connectivity index (χ4v) is 4.08. The Hall–Kier alpha value is -2.72. The first kappa shape index (κ1) is 17.7. The molecule has 0 radical (unpaired) electrons. The van der Waals surface area contributed by atoms with E-state index in [9.17, 15) is 4.79 Å². The van der Waals surface area contributed by atoms with Crippen LogP contribution in [0, 0.1) is 15.9 Å². The van der Waals surface area contributed by atoms with Crippen LogP contribution in [0.2, 0.25) is 0 Å². The Balaban J connectivity index is 2.08. The monoisotopic (exact) mass is 465 g/mol. The van der Waals surface area contributed by atoms with Gasteiger partial charge in [0.25, 0.3) is 0 Å². The maximum absolute atomic E-state index is 12.1. The van der Waals surface area contributed by atoms with Crippen LogP contribution < -0.4 is 0 Å². The molecule has 27 heavy (non-hydrogen) atoms. The van der Waals surface area contributed by atoms with E-state index in [0.717, 1.165) is 37.4 Å². The summed E-state index contributed by atoms with van der Waals surface area (Å²) < 4.78 is 3.07. The Morgan fingerprint density at radius 2 is 2.00 bits per heavy atom. The van der Waals surface area contributed by atoms with Crippen molar-refractivity contribution < 1.29 is 4.79 Å². The fraction of sp³-hybridized carbons (Fsp3) is 0.136. The summed E-state index contributed by atoms with van der Waals surface area (Å²) in [6, 6.07) is 13.8. The molecule has 4 rings (SSSR count). The molecule has 1 aliphatic heterocycles. The molecule has 0 N–H and O–H groups in total. The predicted octanol–water partition coefficient (Wildman–Crippen LogP) is 4.57. The van der Waals surface area contributed by atoms with Gasteiger partial charge in [0.1, 0.15) is 12.0 Å². The third-order valence-corrected chi connectivity index (χ3v) is 5.60. The molecular formula is C22H16IN3O. The number of nitrogens with zero attached hydrogens (tertiary/aromatic N) is 3. The first-order valence-corrected chi connectivity index (χ1v) is 9.61. The molecule has 5 heteroatoms. The van der Waals surface area contributed by atoms with Gasteiger partial charge in [0.05, 0.1) is 23.1 Å². The summed E-state index contributed by atoms with van der Waals surface area (Å²) in [5.74, 6) is 2.64. The number of benzene rings is 2. The number of rotatable bonds is 2. The number of halogens is 1. The molecule has 0 saturated carbocycles. The largest absolute Gasteiger partial charge is 0.300 e. The van der Waals surface area contributed by atoms with Crippen molar-refractivity contribution in [3.05, 3.63) is 80.4 Å². The predicted molar refractivity (Wildman–Crippen MR) is 115 cm³/mol. The van der Waals surface area contributed by atoms with Crippen LogP contribution in [0.3, 0.4) is 0 Å². The van der Waals surface area contributed by atoms with Gasteiger partial charge in [-0.25, -0.2) is 4.98 Å². The maximum atomic E-state index is 12.1. The Bertz CT molecular complexity index is 1150. The van der Waals surface area contributed by atoms with Crippen LogP contribution in [0.5, 0.6) is 0 Å². The lowest BCUT2D eigenvalue weighted by molar-refractivity contribution is 0.101. The van der Waals surface area contributed by atoms with Gasteiger partial charge in [0.15, 0.2) is 5.78 Å². The SMILES string of the molecule is C#Cc1ccc2c(c1)C(c1ccccc1I)=N[C@@H](C)c1c(C(C)=O)ncn1-2. The van der Waals surface area contributed by atoms with E-state index in [1.165, 1.54) is 6.92 Å². The van der Waals surface area contributed by atoms with Gasteiger partial charge < -0.3 is 0 Å². The third kappa shape index (κ3) is 2.90. The van der Waals surface area contributed by atoms with Crippen molar-refractivity contribution in [1.82, 2.24) is 9.55 Å². The molecule has 0 spiro atoms. The lowest BCUT2D eigenvalue weighted by Crippen LogP contribution is -2.09.